The lowest BCUT2D eigenvalue weighted by Gasteiger charge is -2.08. The van der Waals surface area contributed by atoms with Crippen LogP contribution in [-0.4, -0.2) is 19.0 Å². The van der Waals surface area contributed by atoms with Crippen molar-refractivity contribution in [1.29, 1.82) is 0 Å². The van der Waals surface area contributed by atoms with Gasteiger partial charge in [0.2, 0.25) is 5.91 Å². The van der Waals surface area contributed by atoms with E-state index < -0.39 is 0 Å². The van der Waals surface area contributed by atoms with E-state index in [9.17, 15) is 4.79 Å². The maximum absolute atomic E-state index is 11.7. The van der Waals surface area contributed by atoms with Gasteiger partial charge in [-0.1, -0.05) is 0 Å². The highest BCUT2D eigenvalue weighted by Crippen LogP contribution is 2.22. The molecule has 0 aliphatic carbocycles. The molecule has 0 radical (unpaired) electrons. The van der Waals surface area contributed by atoms with Crippen LogP contribution in [0.15, 0.2) is 15.9 Å². The Morgan fingerprint density at radius 2 is 2.56 bits per heavy atom. The summed E-state index contributed by atoms with van der Waals surface area (Å²) in [5.74, 6) is 0.681. The largest absolute Gasteiger partial charge is 0.351 e. The van der Waals surface area contributed by atoms with Gasteiger partial charge in [0.1, 0.15) is 0 Å². The molecule has 16 heavy (non-hydrogen) atoms. The lowest BCUT2D eigenvalue weighted by molar-refractivity contribution is -0.122. The molecule has 88 valence electrons. The lowest BCUT2D eigenvalue weighted by Crippen LogP contribution is -2.25. The van der Waals surface area contributed by atoms with Gasteiger partial charge >= 0.3 is 0 Å². The highest BCUT2D eigenvalue weighted by atomic mass is 79.9. The van der Waals surface area contributed by atoms with Crippen LogP contribution in [0.25, 0.3) is 0 Å². The molecule has 1 aliphatic rings. The first-order valence-corrected chi connectivity index (χ1v) is 7.12. The molecule has 1 fully saturated rings. The normalized spacial score (nSPS) is 19.9. The summed E-state index contributed by atoms with van der Waals surface area (Å²) in [6, 6.07) is 2.01. The van der Waals surface area contributed by atoms with Gasteiger partial charge in [0.05, 0.1) is 6.54 Å². The predicted octanol–water partition coefficient (Wildman–Crippen LogP) is 2.13. The molecule has 1 saturated heterocycles. The predicted molar refractivity (Wildman–Crippen MR) is 69.5 cm³/mol. The van der Waals surface area contributed by atoms with E-state index in [1.807, 2.05) is 11.4 Å². The van der Waals surface area contributed by atoms with Gasteiger partial charge < -0.3 is 10.6 Å². The van der Waals surface area contributed by atoms with E-state index >= 15 is 0 Å². The molecule has 1 amide bonds. The van der Waals surface area contributed by atoms with Crippen LogP contribution in [0.5, 0.6) is 0 Å². The van der Waals surface area contributed by atoms with Crippen molar-refractivity contribution in [2.24, 2.45) is 5.92 Å². The smallest absolute Gasteiger partial charge is 0.220 e. The summed E-state index contributed by atoms with van der Waals surface area (Å²) < 4.78 is 1.08. The summed E-state index contributed by atoms with van der Waals surface area (Å²) in [6.45, 7) is 2.67. The molecule has 0 bridgehead atoms. The molecule has 3 nitrogen and oxygen atoms in total. The number of halogens is 1. The third-order valence-corrected chi connectivity index (χ3v) is 4.70. The molecule has 2 rings (SSSR count). The molecule has 1 aromatic rings. The Bertz CT molecular complexity index is 361. The topological polar surface area (TPSA) is 41.1 Å². The molecular formula is C11H15BrN2OS. The molecule has 2 heterocycles. The molecule has 1 aromatic heterocycles. The van der Waals surface area contributed by atoms with Gasteiger partial charge in [-0.2, -0.15) is 0 Å². The SMILES string of the molecule is O=C(CC1CCNC1)NCc1sccc1Br. The monoisotopic (exact) mass is 302 g/mol. The van der Waals surface area contributed by atoms with Crippen molar-refractivity contribution < 1.29 is 4.79 Å². The number of rotatable bonds is 4. The van der Waals surface area contributed by atoms with Crippen molar-refractivity contribution >= 4 is 33.2 Å². The Labute approximate surface area is 108 Å². The van der Waals surface area contributed by atoms with Crippen LogP contribution >= 0.6 is 27.3 Å². The average Bonchev–Trinajstić information content (AvgIpc) is 2.87. The zero-order valence-electron chi connectivity index (χ0n) is 8.96. The highest BCUT2D eigenvalue weighted by Gasteiger charge is 2.17. The van der Waals surface area contributed by atoms with Gasteiger partial charge in [-0.15, -0.1) is 11.3 Å². The quantitative estimate of drug-likeness (QED) is 0.894. The minimum absolute atomic E-state index is 0.161. The van der Waals surface area contributed by atoms with Crippen molar-refractivity contribution in [3.63, 3.8) is 0 Å². The van der Waals surface area contributed by atoms with Crippen LogP contribution in [0.3, 0.4) is 0 Å². The molecular weight excluding hydrogens is 288 g/mol. The Balaban J connectivity index is 1.73. The number of hydrogen-bond acceptors (Lipinski definition) is 3. The first kappa shape index (κ1) is 12.1. The second kappa shape index (κ2) is 5.80. The molecule has 0 spiro atoms. The van der Waals surface area contributed by atoms with Crippen LogP contribution in [0.2, 0.25) is 0 Å². The molecule has 0 aromatic carbocycles. The van der Waals surface area contributed by atoms with Crippen LogP contribution in [-0.2, 0) is 11.3 Å². The maximum Gasteiger partial charge on any atom is 0.220 e. The van der Waals surface area contributed by atoms with Gasteiger partial charge in [-0.25, -0.2) is 0 Å². The molecule has 1 unspecified atom stereocenters. The number of amides is 1. The number of thiophene rings is 1. The standard InChI is InChI=1S/C11H15BrN2OS/c12-9-2-4-16-10(9)7-14-11(15)5-8-1-3-13-6-8/h2,4,8,13H,1,3,5-7H2,(H,14,15). The van der Waals surface area contributed by atoms with E-state index in [-0.39, 0.29) is 5.91 Å². The second-order valence-electron chi connectivity index (χ2n) is 4.03. The van der Waals surface area contributed by atoms with E-state index in [1.54, 1.807) is 11.3 Å². The first-order valence-electron chi connectivity index (χ1n) is 5.45. The third kappa shape index (κ3) is 3.30. The number of nitrogens with one attached hydrogen (secondary N) is 2. The van der Waals surface area contributed by atoms with E-state index in [0.29, 0.717) is 18.9 Å². The van der Waals surface area contributed by atoms with E-state index in [0.717, 1.165) is 24.0 Å². The number of carbonyl (C=O) groups is 1. The fraction of sp³-hybridized carbons (Fsp3) is 0.545. The lowest BCUT2D eigenvalue weighted by atomic mass is 10.0. The molecule has 1 atom stereocenters. The fourth-order valence-electron chi connectivity index (χ4n) is 1.85. The van der Waals surface area contributed by atoms with E-state index in [1.165, 1.54) is 4.88 Å². The Morgan fingerprint density at radius 3 is 3.19 bits per heavy atom. The number of carbonyl (C=O) groups excluding carboxylic acids is 1. The van der Waals surface area contributed by atoms with Crippen molar-refractivity contribution in [2.75, 3.05) is 13.1 Å². The van der Waals surface area contributed by atoms with Crippen LogP contribution in [0.1, 0.15) is 17.7 Å². The maximum atomic E-state index is 11.7. The Kier molecular flexibility index (Phi) is 4.37. The third-order valence-electron chi connectivity index (χ3n) is 2.77. The second-order valence-corrected chi connectivity index (χ2v) is 5.89. The van der Waals surface area contributed by atoms with Gasteiger partial charge in [-0.05, 0) is 52.8 Å². The summed E-state index contributed by atoms with van der Waals surface area (Å²) in [5, 5.41) is 8.26. The van der Waals surface area contributed by atoms with Crippen molar-refractivity contribution in [1.82, 2.24) is 10.6 Å². The van der Waals surface area contributed by atoms with Crippen LogP contribution in [0.4, 0.5) is 0 Å². The number of hydrogen-bond donors (Lipinski definition) is 2. The Morgan fingerprint density at radius 1 is 1.69 bits per heavy atom. The van der Waals surface area contributed by atoms with Crippen molar-refractivity contribution in [2.45, 2.75) is 19.4 Å². The van der Waals surface area contributed by atoms with Gasteiger partial charge in [0, 0.05) is 15.8 Å². The summed E-state index contributed by atoms with van der Waals surface area (Å²) >= 11 is 5.11. The molecule has 5 heteroatoms. The van der Waals surface area contributed by atoms with E-state index in [2.05, 4.69) is 26.6 Å². The molecule has 0 saturated carbocycles. The van der Waals surface area contributed by atoms with E-state index in [4.69, 9.17) is 0 Å². The highest BCUT2D eigenvalue weighted by molar-refractivity contribution is 9.10. The zero-order valence-corrected chi connectivity index (χ0v) is 11.4. The first-order chi connectivity index (χ1) is 7.75. The minimum Gasteiger partial charge on any atom is -0.351 e. The van der Waals surface area contributed by atoms with Gasteiger partial charge in [0.15, 0.2) is 0 Å². The zero-order chi connectivity index (χ0) is 11.4. The van der Waals surface area contributed by atoms with Crippen LogP contribution in [0, 0.1) is 5.92 Å². The molecule has 2 N–H and O–H groups in total. The fourth-order valence-corrected chi connectivity index (χ4v) is 3.29. The van der Waals surface area contributed by atoms with Gasteiger partial charge in [-0.3, -0.25) is 4.79 Å². The summed E-state index contributed by atoms with van der Waals surface area (Å²) in [7, 11) is 0. The van der Waals surface area contributed by atoms with Crippen LogP contribution < -0.4 is 10.6 Å². The average molecular weight is 303 g/mol. The Hall–Kier alpha value is -0.390. The molecule has 1 aliphatic heterocycles. The minimum atomic E-state index is 0.161. The summed E-state index contributed by atoms with van der Waals surface area (Å²) in [4.78, 5) is 12.8. The van der Waals surface area contributed by atoms with Gasteiger partial charge in [0.25, 0.3) is 0 Å². The summed E-state index contributed by atoms with van der Waals surface area (Å²) in [6.07, 6.45) is 1.77. The van der Waals surface area contributed by atoms with Crippen molar-refractivity contribution in [3.8, 4) is 0 Å². The van der Waals surface area contributed by atoms with Crippen molar-refractivity contribution in [3.05, 3.63) is 20.8 Å². The summed E-state index contributed by atoms with van der Waals surface area (Å²) in [5.41, 5.74) is 0.